The van der Waals surface area contributed by atoms with Gasteiger partial charge in [-0.3, -0.25) is 19.2 Å². The first-order valence-corrected chi connectivity index (χ1v) is 11.0. The first-order chi connectivity index (χ1) is 13.5. The van der Waals surface area contributed by atoms with E-state index < -0.39 is 26.9 Å². The average molecular weight is 420 g/mol. The van der Waals surface area contributed by atoms with Crippen LogP contribution in [0.4, 0.5) is 11.4 Å². The molecule has 2 unspecified atom stereocenters. The van der Waals surface area contributed by atoms with E-state index in [1.54, 1.807) is 6.92 Å². The molecule has 9 heteroatoms. The fourth-order valence-electron chi connectivity index (χ4n) is 3.05. The highest BCUT2D eigenvalue weighted by atomic mass is 32.2. The molecule has 2 rings (SSSR count). The molecule has 0 saturated heterocycles. The second-order valence-electron chi connectivity index (χ2n) is 6.90. The molecular weight excluding hydrogens is 394 g/mol. The van der Waals surface area contributed by atoms with Gasteiger partial charge in [-0.25, -0.2) is 8.42 Å². The predicted octanol–water partition coefficient (Wildman–Crippen LogP) is 3.33. The van der Waals surface area contributed by atoms with E-state index in [9.17, 15) is 23.3 Å². The van der Waals surface area contributed by atoms with E-state index >= 15 is 0 Å². The van der Waals surface area contributed by atoms with Gasteiger partial charge in [0.25, 0.3) is 5.69 Å². The summed E-state index contributed by atoms with van der Waals surface area (Å²) in [6.07, 6.45) is 1.17. The van der Waals surface area contributed by atoms with Crippen LogP contribution >= 0.6 is 0 Å². The first kappa shape index (κ1) is 22.4. The zero-order valence-electron chi connectivity index (χ0n) is 16.8. The zero-order valence-corrected chi connectivity index (χ0v) is 17.6. The summed E-state index contributed by atoms with van der Waals surface area (Å²) in [7, 11) is -3.87. The van der Waals surface area contributed by atoms with Crippen molar-refractivity contribution in [2.24, 2.45) is 0 Å². The van der Waals surface area contributed by atoms with Crippen molar-refractivity contribution in [3.8, 4) is 0 Å². The number of nitro benzene ring substituents is 1. The Balaban J connectivity index is 2.35. The fraction of sp³-hybridized carbons (Fsp3) is 0.350. The molecule has 0 heterocycles. The maximum Gasteiger partial charge on any atom is 0.271 e. The van der Waals surface area contributed by atoms with Crippen LogP contribution in [0.1, 0.15) is 37.4 Å². The van der Waals surface area contributed by atoms with Crippen LogP contribution in [0.3, 0.4) is 0 Å². The number of non-ortho nitro benzene ring substituents is 1. The lowest BCUT2D eigenvalue weighted by atomic mass is 10.1. The Kier molecular flexibility index (Phi) is 6.97. The van der Waals surface area contributed by atoms with Gasteiger partial charge in [0.2, 0.25) is 15.9 Å². The quantitative estimate of drug-likeness (QED) is 0.521. The summed E-state index contributed by atoms with van der Waals surface area (Å²) in [5.74, 6) is -0.475. The molecule has 0 saturated carbocycles. The molecule has 0 radical (unpaired) electrons. The lowest BCUT2D eigenvalue weighted by Gasteiger charge is -2.31. The SMILES string of the molecule is CCC(C(=O)NC(C)c1ccc(C)cc1)N(c1cccc([N+](=O)[O-])c1)S(C)(=O)=O. The number of sulfonamides is 1. The van der Waals surface area contributed by atoms with Gasteiger partial charge in [-0.05, 0) is 31.9 Å². The van der Waals surface area contributed by atoms with Crippen molar-refractivity contribution < 1.29 is 18.1 Å². The van der Waals surface area contributed by atoms with E-state index in [2.05, 4.69) is 5.32 Å². The molecule has 2 atom stereocenters. The second-order valence-corrected chi connectivity index (χ2v) is 8.76. The van der Waals surface area contributed by atoms with Gasteiger partial charge in [0.05, 0.1) is 22.9 Å². The van der Waals surface area contributed by atoms with Gasteiger partial charge < -0.3 is 5.32 Å². The van der Waals surface area contributed by atoms with Crippen molar-refractivity contribution in [2.45, 2.75) is 39.3 Å². The van der Waals surface area contributed by atoms with E-state index in [0.717, 1.165) is 27.8 Å². The number of aryl methyl sites for hydroxylation is 1. The van der Waals surface area contributed by atoms with Gasteiger partial charge in [0.1, 0.15) is 6.04 Å². The highest BCUT2D eigenvalue weighted by molar-refractivity contribution is 7.92. The smallest absolute Gasteiger partial charge is 0.271 e. The summed E-state index contributed by atoms with van der Waals surface area (Å²) in [4.78, 5) is 23.4. The minimum atomic E-state index is -3.87. The molecule has 2 aromatic rings. The van der Waals surface area contributed by atoms with E-state index in [1.807, 2.05) is 38.1 Å². The van der Waals surface area contributed by atoms with Crippen molar-refractivity contribution in [2.75, 3.05) is 10.6 Å². The third-order valence-electron chi connectivity index (χ3n) is 4.56. The van der Waals surface area contributed by atoms with Crippen LogP contribution in [0.15, 0.2) is 48.5 Å². The highest BCUT2D eigenvalue weighted by Crippen LogP contribution is 2.27. The minimum absolute atomic E-state index is 0.0756. The molecule has 1 amide bonds. The molecule has 0 aliphatic rings. The molecule has 0 fully saturated rings. The average Bonchev–Trinajstić information content (AvgIpc) is 2.65. The topological polar surface area (TPSA) is 110 Å². The van der Waals surface area contributed by atoms with Gasteiger partial charge in [-0.1, -0.05) is 42.8 Å². The lowest BCUT2D eigenvalue weighted by Crippen LogP contribution is -2.49. The minimum Gasteiger partial charge on any atom is -0.348 e. The number of hydrogen-bond acceptors (Lipinski definition) is 5. The highest BCUT2D eigenvalue weighted by Gasteiger charge is 2.32. The molecule has 1 N–H and O–H groups in total. The van der Waals surface area contributed by atoms with Crippen LogP contribution in [0.2, 0.25) is 0 Å². The first-order valence-electron chi connectivity index (χ1n) is 9.15. The number of carbonyl (C=O) groups is 1. The Hall–Kier alpha value is -2.94. The van der Waals surface area contributed by atoms with Crippen LogP contribution in [-0.4, -0.2) is 31.5 Å². The summed E-state index contributed by atoms with van der Waals surface area (Å²) >= 11 is 0. The number of hydrogen-bond donors (Lipinski definition) is 1. The van der Waals surface area contributed by atoms with Crippen molar-refractivity contribution in [1.29, 1.82) is 0 Å². The Bertz CT molecular complexity index is 989. The number of rotatable bonds is 8. The molecule has 0 aromatic heterocycles. The Morgan fingerprint density at radius 1 is 1.21 bits per heavy atom. The third-order valence-corrected chi connectivity index (χ3v) is 5.74. The predicted molar refractivity (Wildman–Crippen MR) is 112 cm³/mol. The number of nitrogens with one attached hydrogen (secondary N) is 1. The van der Waals surface area contributed by atoms with Crippen LogP contribution in [0.25, 0.3) is 0 Å². The van der Waals surface area contributed by atoms with Crippen LogP contribution in [-0.2, 0) is 14.8 Å². The van der Waals surface area contributed by atoms with Gasteiger partial charge in [-0.15, -0.1) is 0 Å². The largest absolute Gasteiger partial charge is 0.348 e. The number of amides is 1. The molecule has 0 bridgehead atoms. The normalized spacial score (nSPS) is 13.4. The molecule has 29 heavy (non-hydrogen) atoms. The molecule has 0 spiro atoms. The molecule has 0 aliphatic heterocycles. The molecular formula is C20H25N3O5S. The summed E-state index contributed by atoms with van der Waals surface area (Å²) in [5, 5.41) is 13.9. The maximum atomic E-state index is 13.0. The number of benzene rings is 2. The summed E-state index contributed by atoms with van der Waals surface area (Å²) < 4.78 is 25.9. The van der Waals surface area contributed by atoms with E-state index in [1.165, 1.54) is 18.2 Å². The summed E-state index contributed by atoms with van der Waals surface area (Å²) in [6, 6.07) is 11.5. The van der Waals surface area contributed by atoms with Crippen LogP contribution in [0.5, 0.6) is 0 Å². The monoisotopic (exact) mass is 419 g/mol. The lowest BCUT2D eigenvalue weighted by molar-refractivity contribution is -0.384. The molecule has 2 aromatic carbocycles. The van der Waals surface area contributed by atoms with Gasteiger partial charge >= 0.3 is 0 Å². The molecule has 0 aliphatic carbocycles. The van der Waals surface area contributed by atoms with Gasteiger partial charge in [-0.2, -0.15) is 0 Å². The van der Waals surface area contributed by atoms with Crippen LogP contribution < -0.4 is 9.62 Å². The van der Waals surface area contributed by atoms with E-state index in [4.69, 9.17) is 0 Å². The summed E-state index contributed by atoms with van der Waals surface area (Å²) in [5.41, 5.74) is 1.80. The Morgan fingerprint density at radius 3 is 2.34 bits per heavy atom. The van der Waals surface area contributed by atoms with Crippen molar-refractivity contribution >= 4 is 27.3 Å². The third kappa shape index (κ3) is 5.54. The number of nitro groups is 1. The number of nitrogens with zero attached hydrogens (tertiary/aromatic N) is 2. The van der Waals surface area contributed by atoms with Gasteiger partial charge in [0.15, 0.2) is 0 Å². The Morgan fingerprint density at radius 2 is 1.83 bits per heavy atom. The van der Waals surface area contributed by atoms with E-state index in [0.29, 0.717) is 0 Å². The fourth-order valence-corrected chi connectivity index (χ4v) is 4.26. The van der Waals surface area contributed by atoms with Gasteiger partial charge in [0, 0.05) is 12.1 Å². The molecule has 156 valence electrons. The number of carbonyl (C=O) groups excluding carboxylic acids is 1. The molecule has 8 nitrogen and oxygen atoms in total. The van der Waals surface area contributed by atoms with E-state index in [-0.39, 0.29) is 23.8 Å². The standard InChI is InChI=1S/C20H25N3O5S/c1-5-19(20(24)21-15(3)16-11-9-14(2)10-12-16)22(29(4,27)28)17-7-6-8-18(13-17)23(25)26/h6-13,15,19H,5H2,1-4H3,(H,21,24). The van der Waals surface area contributed by atoms with Crippen molar-refractivity contribution in [1.82, 2.24) is 5.32 Å². The second kappa shape index (κ2) is 9.04. The summed E-state index contributed by atoms with van der Waals surface area (Å²) in [6.45, 7) is 5.47. The number of anilines is 1. The Labute approximate surface area is 170 Å². The van der Waals surface area contributed by atoms with Crippen molar-refractivity contribution in [3.63, 3.8) is 0 Å². The maximum absolute atomic E-state index is 13.0. The zero-order chi connectivity index (χ0) is 21.8. The van der Waals surface area contributed by atoms with Crippen LogP contribution in [0, 0.1) is 17.0 Å². The van der Waals surface area contributed by atoms with Crippen molar-refractivity contribution in [3.05, 3.63) is 69.8 Å².